The number of methoxy groups -OCH3 is 1. The highest BCUT2D eigenvalue weighted by Crippen LogP contribution is 2.38. The first-order chi connectivity index (χ1) is 11.8. The Kier molecular flexibility index (Phi) is 4.21. The van der Waals surface area contributed by atoms with Crippen LogP contribution in [0.2, 0.25) is 0 Å². The lowest BCUT2D eigenvalue weighted by Crippen LogP contribution is -2.44. The van der Waals surface area contributed by atoms with E-state index in [1.165, 1.54) is 25.7 Å². The van der Waals surface area contributed by atoms with E-state index in [0.717, 1.165) is 30.7 Å². The van der Waals surface area contributed by atoms with Gasteiger partial charge in [0.15, 0.2) is 11.5 Å². The van der Waals surface area contributed by atoms with E-state index in [4.69, 9.17) is 9.84 Å². The Morgan fingerprint density at radius 3 is 2.71 bits per heavy atom. The zero-order valence-corrected chi connectivity index (χ0v) is 14.3. The summed E-state index contributed by atoms with van der Waals surface area (Å²) >= 11 is 0. The van der Waals surface area contributed by atoms with Crippen molar-refractivity contribution < 1.29 is 9.84 Å². The molecule has 4 rings (SSSR count). The highest BCUT2D eigenvalue weighted by molar-refractivity contribution is 6.03. The van der Waals surface area contributed by atoms with Crippen LogP contribution in [-0.4, -0.2) is 35.5 Å². The van der Waals surface area contributed by atoms with Gasteiger partial charge in [0.1, 0.15) is 0 Å². The molecular formula is C20H26N2O2. The average Bonchev–Trinajstić information content (AvgIpc) is 3.15. The van der Waals surface area contributed by atoms with Crippen LogP contribution in [0.1, 0.15) is 44.1 Å². The number of aromatic hydroxyl groups is 1. The normalized spacial score (nSPS) is 27.0. The van der Waals surface area contributed by atoms with Crippen molar-refractivity contribution in [3.63, 3.8) is 0 Å². The fourth-order valence-electron chi connectivity index (χ4n) is 4.46. The molecule has 0 radical (unpaired) electrons. The first-order valence-electron chi connectivity index (χ1n) is 9.14. The van der Waals surface area contributed by atoms with Gasteiger partial charge in [-0.2, -0.15) is 5.10 Å². The Balaban J connectivity index is 1.70. The second-order valence-electron chi connectivity index (χ2n) is 7.24. The largest absolute Gasteiger partial charge is 0.504 e. The van der Waals surface area contributed by atoms with Crippen LogP contribution in [0.5, 0.6) is 11.5 Å². The minimum absolute atomic E-state index is 0.193. The quantitative estimate of drug-likeness (QED) is 0.856. The summed E-state index contributed by atoms with van der Waals surface area (Å²) in [6.45, 7) is 1.07. The van der Waals surface area contributed by atoms with Crippen molar-refractivity contribution in [2.75, 3.05) is 13.7 Å². The second-order valence-corrected chi connectivity index (χ2v) is 7.24. The van der Waals surface area contributed by atoms with Crippen LogP contribution in [0.25, 0.3) is 0 Å². The van der Waals surface area contributed by atoms with Crippen LogP contribution >= 0.6 is 0 Å². The van der Waals surface area contributed by atoms with Gasteiger partial charge in [0.25, 0.3) is 0 Å². The molecule has 1 N–H and O–H groups in total. The predicted octanol–water partition coefficient (Wildman–Crippen LogP) is 3.95. The number of nitrogens with zero attached hydrogens (tertiary/aromatic N) is 2. The standard InChI is InChI=1S/C20H26N2O2/c1-24-19-11-10-14(12-18(19)23)20-17-9-5-2-6-15(17)13-22(21-20)16-7-3-4-8-16/h2,5,10-12,15-17,23H,3-4,6-9,13H2,1H3/t15-,17-/m0/s1. The summed E-state index contributed by atoms with van der Waals surface area (Å²) in [7, 11) is 1.58. The fourth-order valence-corrected chi connectivity index (χ4v) is 4.46. The summed E-state index contributed by atoms with van der Waals surface area (Å²) in [4.78, 5) is 0. The summed E-state index contributed by atoms with van der Waals surface area (Å²) in [5.41, 5.74) is 2.17. The summed E-state index contributed by atoms with van der Waals surface area (Å²) in [6, 6.07) is 6.28. The lowest BCUT2D eigenvalue weighted by molar-refractivity contribution is 0.140. The number of allylic oxidation sites excluding steroid dienone is 2. The molecule has 0 unspecified atom stereocenters. The van der Waals surface area contributed by atoms with E-state index >= 15 is 0 Å². The van der Waals surface area contributed by atoms with Crippen LogP contribution in [-0.2, 0) is 0 Å². The number of phenolic OH excluding ortho intramolecular Hbond substituents is 1. The van der Waals surface area contributed by atoms with Crippen LogP contribution in [0.15, 0.2) is 35.5 Å². The minimum atomic E-state index is 0.193. The highest BCUT2D eigenvalue weighted by atomic mass is 16.5. The summed E-state index contributed by atoms with van der Waals surface area (Å²) < 4.78 is 5.18. The van der Waals surface area contributed by atoms with E-state index in [1.54, 1.807) is 7.11 Å². The van der Waals surface area contributed by atoms with Crippen molar-refractivity contribution in [3.8, 4) is 11.5 Å². The van der Waals surface area contributed by atoms with Crippen molar-refractivity contribution in [2.24, 2.45) is 16.9 Å². The van der Waals surface area contributed by atoms with Gasteiger partial charge in [-0.25, -0.2) is 0 Å². The van der Waals surface area contributed by atoms with E-state index in [0.29, 0.717) is 23.6 Å². The molecule has 1 aromatic carbocycles. The summed E-state index contributed by atoms with van der Waals surface area (Å²) in [5, 5.41) is 17.6. The van der Waals surface area contributed by atoms with Gasteiger partial charge in [-0.15, -0.1) is 0 Å². The Morgan fingerprint density at radius 1 is 1.17 bits per heavy atom. The smallest absolute Gasteiger partial charge is 0.160 e. The first kappa shape index (κ1) is 15.6. The lowest BCUT2D eigenvalue weighted by atomic mass is 9.76. The van der Waals surface area contributed by atoms with Crippen molar-refractivity contribution in [2.45, 2.75) is 44.6 Å². The van der Waals surface area contributed by atoms with E-state index in [2.05, 4.69) is 17.2 Å². The molecule has 0 saturated heterocycles. The molecule has 1 fully saturated rings. The molecule has 24 heavy (non-hydrogen) atoms. The summed E-state index contributed by atoms with van der Waals surface area (Å²) in [6.07, 6.45) is 12.0. The third kappa shape index (κ3) is 2.79. The van der Waals surface area contributed by atoms with Gasteiger partial charge in [0.2, 0.25) is 0 Å². The molecule has 1 aliphatic heterocycles. The van der Waals surface area contributed by atoms with Gasteiger partial charge in [-0.3, -0.25) is 5.01 Å². The molecule has 128 valence electrons. The number of ether oxygens (including phenoxy) is 1. The maximum atomic E-state index is 10.2. The molecule has 0 amide bonds. The number of phenols is 1. The van der Waals surface area contributed by atoms with E-state index in [9.17, 15) is 5.11 Å². The Morgan fingerprint density at radius 2 is 1.96 bits per heavy atom. The van der Waals surface area contributed by atoms with Gasteiger partial charge in [0.05, 0.1) is 12.8 Å². The number of benzene rings is 1. The van der Waals surface area contributed by atoms with Crippen molar-refractivity contribution >= 4 is 5.71 Å². The molecule has 2 atom stereocenters. The third-order valence-corrected chi connectivity index (χ3v) is 5.79. The Labute approximate surface area is 143 Å². The molecule has 3 aliphatic rings. The van der Waals surface area contributed by atoms with Gasteiger partial charge in [0, 0.05) is 24.1 Å². The average molecular weight is 326 g/mol. The van der Waals surface area contributed by atoms with Gasteiger partial charge >= 0.3 is 0 Å². The topological polar surface area (TPSA) is 45.1 Å². The zero-order chi connectivity index (χ0) is 16.5. The highest BCUT2D eigenvalue weighted by Gasteiger charge is 2.36. The van der Waals surface area contributed by atoms with Crippen LogP contribution in [0.4, 0.5) is 0 Å². The molecule has 4 nitrogen and oxygen atoms in total. The Hall–Kier alpha value is -1.97. The molecular weight excluding hydrogens is 300 g/mol. The number of hydrogen-bond donors (Lipinski definition) is 1. The summed E-state index contributed by atoms with van der Waals surface area (Å²) in [5.74, 6) is 1.80. The molecule has 1 saturated carbocycles. The van der Waals surface area contributed by atoms with Crippen molar-refractivity contribution in [1.29, 1.82) is 0 Å². The number of hydrogen-bond acceptors (Lipinski definition) is 4. The first-order valence-corrected chi connectivity index (χ1v) is 9.14. The molecule has 2 aliphatic carbocycles. The second kappa shape index (κ2) is 6.50. The monoisotopic (exact) mass is 326 g/mol. The maximum absolute atomic E-state index is 10.2. The SMILES string of the molecule is COc1ccc(C2=NN(C3CCCC3)C[C@@H]3CC=CC[C@H]23)cc1O. The van der Waals surface area contributed by atoms with Crippen LogP contribution < -0.4 is 4.74 Å². The lowest BCUT2D eigenvalue weighted by Gasteiger charge is -2.41. The number of hydrazone groups is 1. The number of rotatable bonds is 3. The maximum Gasteiger partial charge on any atom is 0.160 e. The van der Waals surface area contributed by atoms with Gasteiger partial charge < -0.3 is 9.84 Å². The number of fused-ring (bicyclic) bond motifs is 1. The molecule has 0 bridgehead atoms. The molecule has 0 aromatic heterocycles. The predicted molar refractivity (Wildman–Crippen MR) is 95.5 cm³/mol. The van der Waals surface area contributed by atoms with Gasteiger partial charge in [-0.05, 0) is 49.8 Å². The molecule has 1 aromatic rings. The van der Waals surface area contributed by atoms with E-state index < -0.39 is 0 Å². The van der Waals surface area contributed by atoms with E-state index in [1.807, 2.05) is 18.2 Å². The van der Waals surface area contributed by atoms with Crippen LogP contribution in [0, 0.1) is 11.8 Å². The zero-order valence-electron chi connectivity index (χ0n) is 14.3. The van der Waals surface area contributed by atoms with E-state index in [-0.39, 0.29) is 5.75 Å². The molecule has 1 heterocycles. The fraction of sp³-hybridized carbons (Fsp3) is 0.550. The Bertz CT molecular complexity index is 662. The van der Waals surface area contributed by atoms with Crippen molar-refractivity contribution in [1.82, 2.24) is 5.01 Å². The molecule has 4 heteroatoms. The third-order valence-electron chi connectivity index (χ3n) is 5.79. The minimum Gasteiger partial charge on any atom is -0.504 e. The molecule has 0 spiro atoms. The van der Waals surface area contributed by atoms with Crippen molar-refractivity contribution in [3.05, 3.63) is 35.9 Å². The van der Waals surface area contributed by atoms with Crippen LogP contribution in [0.3, 0.4) is 0 Å². The van der Waals surface area contributed by atoms with Gasteiger partial charge in [-0.1, -0.05) is 25.0 Å².